The zero-order valence-electron chi connectivity index (χ0n) is 10.2. The Morgan fingerprint density at radius 3 is 2.39 bits per heavy atom. The minimum absolute atomic E-state index is 0.430. The molecule has 0 bridgehead atoms. The summed E-state index contributed by atoms with van der Waals surface area (Å²) < 4.78 is 5.75. The van der Waals surface area contributed by atoms with Crippen LogP contribution in [0, 0.1) is 13.8 Å². The molecule has 0 spiro atoms. The van der Waals surface area contributed by atoms with Crippen molar-refractivity contribution in [2.45, 2.75) is 13.8 Å². The van der Waals surface area contributed by atoms with E-state index in [0.717, 1.165) is 17.6 Å². The maximum absolute atomic E-state index is 10.6. The van der Waals surface area contributed by atoms with Gasteiger partial charge in [-0.2, -0.15) is 0 Å². The van der Waals surface area contributed by atoms with Gasteiger partial charge in [0, 0.05) is 5.56 Å². The lowest BCUT2D eigenvalue weighted by molar-refractivity contribution is 0.112. The van der Waals surface area contributed by atoms with Crippen LogP contribution in [0.3, 0.4) is 0 Å². The summed E-state index contributed by atoms with van der Waals surface area (Å²) >= 11 is 6.06. The third-order valence-electron chi connectivity index (χ3n) is 2.64. The molecule has 0 aliphatic heterocycles. The van der Waals surface area contributed by atoms with E-state index in [9.17, 15) is 4.79 Å². The number of hydrogen-bond donors (Lipinski definition) is 0. The molecule has 2 nitrogen and oxygen atoms in total. The number of carbonyl (C=O) groups excluding carboxylic acids is 1. The standard InChI is InChI=1S/C15H13ClO2/c1-10-3-5-14(11(2)7-10)18-15-6-4-12(9-17)8-13(15)16/h3-9H,1-2H3. The molecule has 0 unspecified atom stereocenters. The molecule has 2 rings (SSSR count). The smallest absolute Gasteiger partial charge is 0.150 e. The molecule has 0 fully saturated rings. The highest BCUT2D eigenvalue weighted by Crippen LogP contribution is 2.31. The van der Waals surface area contributed by atoms with Crippen LogP contribution < -0.4 is 4.74 Å². The van der Waals surface area contributed by atoms with Gasteiger partial charge in [0.15, 0.2) is 0 Å². The largest absolute Gasteiger partial charge is 0.456 e. The third kappa shape index (κ3) is 2.71. The molecule has 0 saturated carbocycles. The molecule has 0 heterocycles. The summed E-state index contributed by atoms with van der Waals surface area (Å²) in [4.78, 5) is 10.6. The van der Waals surface area contributed by atoms with Crippen molar-refractivity contribution < 1.29 is 9.53 Å². The predicted octanol–water partition coefficient (Wildman–Crippen LogP) is 4.56. The normalized spacial score (nSPS) is 10.2. The van der Waals surface area contributed by atoms with E-state index < -0.39 is 0 Å². The summed E-state index contributed by atoms with van der Waals surface area (Å²) in [5.41, 5.74) is 2.76. The number of rotatable bonds is 3. The molecule has 0 N–H and O–H groups in total. The van der Waals surface area contributed by atoms with E-state index in [-0.39, 0.29) is 0 Å². The van der Waals surface area contributed by atoms with Crippen LogP contribution in [0.15, 0.2) is 36.4 Å². The fraction of sp³-hybridized carbons (Fsp3) is 0.133. The first-order chi connectivity index (χ1) is 8.60. The van der Waals surface area contributed by atoms with Crippen molar-refractivity contribution in [3.8, 4) is 11.5 Å². The molecule has 0 atom stereocenters. The summed E-state index contributed by atoms with van der Waals surface area (Å²) in [5.74, 6) is 1.32. The van der Waals surface area contributed by atoms with E-state index >= 15 is 0 Å². The van der Waals surface area contributed by atoms with Crippen LogP contribution in [0.25, 0.3) is 0 Å². The predicted molar refractivity (Wildman–Crippen MR) is 72.8 cm³/mol. The number of halogens is 1. The Kier molecular flexibility index (Phi) is 3.68. The van der Waals surface area contributed by atoms with Crippen LogP contribution in [0.5, 0.6) is 11.5 Å². The van der Waals surface area contributed by atoms with E-state index in [1.165, 1.54) is 5.56 Å². The highest BCUT2D eigenvalue weighted by molar-refractivity contribution is 6.32. The fourth-order valence-corrected chi connectivity index (χ4v) is 1.93. The fourth-order valence-electron chi connectivity index (χ4n) is 1.71. The first kappa shape index (κ1) is 12.7. The highest BCUT2D eigenvalue weighted by Gasteiger charge is 2.06. The van der Waals surface area contributed by atoms with Gasteiger partial charge in [-0.15, -0.1) is 0 Å². The van der Waals surface area contributed by atoms with E-state index in [2.05, 4.69) is 0 Å². The van der Waals surface area contributed by atoms with E-state index in [4.69, 9.17) is 16.3 Å². The second-order valence-corrected chi connectivity index (χ2v) is 4.59. The Bertz CT molecular complexity index is 591. The summed E-state index contributed by atoms with van der Waals surface area (Å²) in [6.07, 6.45) is 0.757. The molecule has 92 valence electrons. The van der Waals surface area contributed by atoms with Gasteiger partial charge in [-0.05, 0) is 43.7 Å². The Hall–Kier alpha value is -1.80. The average molecular weight is 261 g/mol. The lowest BCUT2D eigenvalue weighted by atomic mass is 10.1. The van der Waals surface area contributed by atoms with Gasteiger partial charge >= 0.3 is 0 Å². The molecule has 0 amide bonds. The SMILES string of the molecule is Cc1ccc(Oc2ccc(C=O)cc2Cl)c(C)c1. The van der Waals surface area contributed by atoms with E-state index in [0.29, 0.717) is 16.3 Å². The van der Waals surface area contributed by atoms with Gasteiger partial charge in [0.2, 0.25) is 0 Å². The number of aryl methyl sites for hydroxylation is 2. The van der Waals surface area contributed by atoms with Crippen LogP contribution in [-0.4, -0.2) is 6.29 Å². The number of ether oxygens (including phenoxy) is 1. The zero-order valence-corrected chi connectivity index (χ0v) is 11.0. The lowest BCUT2D eigenvalue weighted by Crippen LogP contribution is -1.90. The molecule has 0 aliphatic rings. The summed E-state index contributed by atoms with van der Waals surface area (Å²) in [6.45, 7) is 4.01. The maximum Gasteiger partial charge on any atom is 0.150 e. The molecule has 0 aromatic heterocycles. The van der Waals surface area contributed by atoms with Gasteiger partial charge in [0.05, 0.1) is 5.02 Å². The van der Waals surface area contributed by atoms with Crippen molar-refractivity contribution in [2.24, 2.45) is 0 Å². The topological polar surface area (TPSA) is 26.3 Å². The van der Waals surface area contributed by atoms with Crippen LogP contribution in [0.4, 0.5) is 0 Å². The first-order valence-electron chi connectivity index (χ1n) is 5.60. The summed E-state index contributed by atoms with van der Waals surface area (Å²) in [7, 11) is 0. The van der Waals surface area contributed by atoms with Crippen LogP contribution in [-0.2, 0) is 0 Å². The second-order valence-electron chi connectivity index (χ2n) is 4.18. The first-order valence-corrected chi connectivity index (χ1v) is 5.98. The van der Waals surface area contributed by atoms with Gasteiger partial charge in [-0.25, -0.2) is 0 Å². The van der Waals surface area contributed by atoms with Crippen LogP contribution in [0.2, 0.25) is 5.02 Å². The quantitative estimate of drug-likeness (QED) is 0.756. The van der Waals surface area contributed by atoms with Gasteiger partial charge in [-0.3, -0.25) is 4.79 Å². The molecule has 0 radical (unpaired) electrons. The Labute approximate surface area is 111 Å². The zero-order chi connectivity index (χ0) is 13.1. The molecule has 18 heavy (non-hydrogen) atoms. The molecule has 3 heteroatoms. The highest BCUT2D eigenvalue weighted by atomic mass is 35.5. The van der Waals surface area contributed by atoms with Crippen molar-refractivity contribution in [1.82, 2.24) is 0 Å². The maximum atomic E-state index is 10.6. The number of carbonyl (C=O) groups is 1. The van der Waals surface area contributed by atoms with E-state index in [1.807, 2.05) is 32.0 Å². The minimum atomic E-state index is 0.430. The molecule has 0 saturated heterocycles. The van der Waals surface area contributed by atoms with Gasteiger partial charge in [-0.1, -0.05) is 29.3 Å². The van der Waals surface area contributed by atoms with Crippen LogP contribution >= 0.6 is 11.6 Å². The monoisotopic (exact) mass is 260 g/mol. The Morgan fingerprint density at radius 2 is 1.78 bits per heavy atom. The molecule has 0 aliphatic carbocycles. The second kappa shape index (κ2) is 5.23. The average Bonchev–Trinajstić information content (AvgIpc) is 2.34. The van der Waals surface area contributed by atoms with Gasteiger partial charge < -0.3 is 4.74 Å². The number of benzene rings is 2. The molecule has 2 aromatic rings. The molecular weight excluding hydrogens is 248 g/mol. The van der Waals surface area contributed by atoms with Gasteiger partial charge in [0.25, 0.3) is 0 Å². The van der Waals surface area contributed by atoms with Crippen molar-refractivity contribution in [3.05, 3.63) is 58.1 Å². The number of aldehydes is 1. The molecule has 2 aromatic carbocycles. The van der Waals surface area contributed by atoms with Crippen molar-refractivity contribution >= 4 is 17.9 Å². The molecular formula is C15H13ClO2. The Morgan fingerprint density at radius 1 is 1.06 bits per heavy atom. The van der Waals surface area contributed by atoms with E-state index in [1.54, 1.807) is 18.2 Å². The van der Waals surface area contributed by atoms with Gasteiger partial charge in [0.1, 0.15) is 17.8 Å². The van der Waals surface area contributed by atoms with Crippen LogP contribution in [0.1, 0.15) is 21.5 Å². The Balaban J connectivity index is 2.31. The van der Waals surface area contributed by atoms with Crippen molar-refractivity contribution in [2.75, 3.05) is 0 Å². The minimum Gasteiger partial charge on any atom is -0.456 e. The summed E-state index contributed by atoms with van der Waals surface area (Å²) in [6, 6.07) is 10.9. The third-order valence-corrected chi connectivity index (χ3v) is 2.94. The lowest BCUT2D eigenvalue weighted by Gasteiger charge is -2.10. The summed E-state index contributed by atoms with van der Waals surface area (Å²) in [5, 5.41) is 0.430. The van der Waals surface area contributed by atoms with Crippen molar-refractivity contribution in [1.29, 1.82) is 0 Å². The van der Waals surface area contributed by atoms with Crippen molar-refractivity contribution in [3.63, 3.8) is 0 Å². The number of hydrogen-bond acceptors (Lipinski definition) is 2.